The minimum Gasteiger partial charge on any atom is -0.288 e. The molecule has 2 rings (SSSR count). The number of non-ortho nitro benzene ring substituents is 1. The first-order valence-electron chi connectivity index (χ1n) is 5.90. The summed E-state index contributed by atoms with van der Waals surface area (Å²) in [5.74, 6) is -0.258. The van der Waals surface area contributed by atoms with Gasteiger partial charge in [0.05, 0.1) is 20.0 Å². The summed E-state index contributed by atoms with van der Waals surface area (Å²) in [5.41, 5.74) is 0.0568. The maximum Gasteiger partial charge on any atom is 0.283 e. The fourth-order valence-corrected chi connectivity index (χ4v) is 3.27. The Kier molecular flexibility index (Phi) is 4.38. The van der Waals surface area contributed by atoms with Crippen LogP contribution in [0.15, 0.2) is 55.8 Å². The van der Waals surface area contributed by atoms with E-state index in [0.717, 1.165) is 6.07 Å². The number of carbonyl (C=O) groups excluding carboxylic acids is 1. The zero-order chi connectivity index (χ0) is 16.5. The second-order valence-corrected chi connectivity index (χ2v) is 6.85. The van der Waals surface area contributed by atoms with Crippen LogP contribution in [0.5, 0.6) is 0 Å². The number of rotatable bonds is 3. The van der Waals surface area contributed by atoms with Gasteiger partial charge in [0.15, 0.2) is 5.78 Å². The zero-order valence-corrected chi connectivity index (χ0v) is 13.6. The lowest BCUT2D eigenvalue weighted by Gasteiger charge is -2.07. The summed E-state index contributed by atoms with van der Waals surface area (Å²) in [6.45, 7) is 1.53. The molecule has 0 heterocycles. The predicted octanol–water partition coefficient (Wildman–Crippen LogP) is 2.53. The number of ketones is 1. The standard InChI is InChI=1S/C13H9BrN2O5S/c1-8-5-9(6-12(14)13(8)17)15-22(20,21)11-4-2-3-10(7-11)16(18)19/h2-7H,1H3/b15-9-. The monoisotopic (exact) mass is 384 g/mol. The minimum absolute atomic E-state index is 0.0653. The third kappa shape index (κ3) is 3.37. The first-order chi connectivity index (χ1) is 10.2. The molecule has 1 aliphatic carbocycles. The molecule has 0 unspecified atom stereocenters. The maximum absolute atomic E-state index is 12.2. The van der Waals surface area contributed by atoms with Crippen molar-refractivity contribution in [3.05, 3.63) is 56.6 Å². The molecule has 22 heavy (non-hydrogen) atoms. The van der Waals surface area contributed by atoms with E-state index in [1.54, 1.807) is 0 Å². The first kappa shape index (κ1) is 16.2. The summed E-state index contributed by atoms with van der Waals surface area (Å²) in [7, 11) is -4.12. The summed E-state index contributed by atoms with van der Waals surface area (Å²) < 4.78 is 28.2. The van der Waals surface area contributed by atoms with Crippen LogP contribution in [0.3, 0.4) is 0 Å². The van der Waals surface area contributed by atoms with Gasteiger partial charge in [-0.3, -0.25) is 14.9 Å². The molecule has 0 saturated heterocycles. The van der Waals surface area contributed by atoms with Crippen molar-refractivity contribution in [1.29, 1.82) is 0 Å². The number of sulfonamides is 1. The topological polar surface area (TPSA) is 107 Å². The highest BCUT2D eigenvalue weighted by atomic mass is 79.9. The summed E-state index contributed by atoms with van der Waals surface area (Å²) in [6.07, 6.45) is 2.62. The van der Waals surface area contributed by atoms with Gasteiger partial charge in [-0.2, -0.15) is 12.8 Å². The van der Waals surface area contributed by atoms with E-state index in [-0.39, 0.29) is 26.6 Å². The lowest BCUT2D eigenvalue weighted by molar-refractivity contribution is -0.385. The molecule has 1 aliphatic rings. The number of benzene rings is 1. The Morgan fingerprint density at radius 2 is 1.95 bits per heavy atom. The van der Waals surface area contributed by atoms with Gasteiger partial charge in [0.25, 0.3) is 15.7 Å². The maximum atomic E-state index is 12.2. The van der Waals surface area contributed by atoms with Crippen LogP contribution in [0.25, 0.3) is 0 Å². The van der Waals surface area contributed by atoms with Crippen molar-refractivity contribution in [2.45, 2.75) is 11.8 Å². The Balaban J connectivity index is 2.48. The SMILES string of the molecule is CC1=C/C(=N/S(=O)(=O)c2cccc([N+](=O)[O-])c2)C=C(Br)C1=O. The number of allylic oxidation sites excluding steroid dienone is 4. The second-order valence-electron chi connectivity index (χ2n) is 4.39. The number of nitro benzene ring substituents is 1. The smallest absolute Gasteiger partial charge is 0.283 e. The number of nitro groups is 1. The fourth-order valence-electron chi connectivity index (χ4n) is 1.71. The summed E-state index contributed by atoms with van der Waals surface area (Å²) >= 11 is 3.03. The molecule has 0 atom stereocenters. The molecule has 0 N–H and O–H groups in total. The summed E-state index contributed by atoms with van der Waals surface area (Å²) in [6, 6.07) is 4.60. The van der Waals surface area contributed by atoms with Crippen molar-refractivity contribution in [2.75, 3.05) is 0 Å². The molecular weight excluding hydrogens is 376 g/mol. The molecule has 0 amide bonds. The van der Waals surface area contributed by atoms with Gasteiger partial charge in [-0.05, 0) is 46.6 Å². The van der Waals surface area contributed by atoms with E-state index in [1.165, 1.54) is 37.3 Å². The summed E-state index contributed by atoms with van der Waals surface area (Å²) in [4.78, 5) is 21.3. The molecule has 0 spiro atoms. The van der Waals surface area contributed by atoms with Gasteiger partial charge in [-0.25, -0.2) is 0 Å². The Morgan fingerprint density at radius 3 is 2.55 bits per heavy atom. The molecule has 1 aromatic rings. The average Bonchev–Trinajstić information content (AvgIpc) is 2.44. The van der Waals surface area contributed by atoms with Crippen molar-refractivity contribution in [1.82, 2.24) is 0 Å². The van der Waals surface area contributed by atoms with Gasteiger partial charge in [0.2, 0.25) is 0 Å². The fraction of sp³-hybridized carbons (Fsp3) is 0.0769. The van der Waals surface area contributed by atoms with Crippen LogP contribution >= 0.6 is 15.9 Å². The number of halogens is 1. The van der Waals surface area contributed by atoms with Gasteiger partial charge in [-0.15, -0.1) is 0 Å². The van der Waals surface area contributed by atoms with Gasteiger partial charge in [0.1, 0.15) is 0 Å². The molecular formula is C13H9BrN2O5S. The Morgan fingerprint density at radius 1 is 1.27 bits per heavy atom. The third-order valence-electron chi connectivity index (χ3n) is 2.77. The van der Waals surface area contributed by atoms with Crippen LogP contribution in [-0.2, 0) is 14.8 Å². The number of carbonyl (C=O) groups is 1. The molecule has 0 radical (unpaired) electrons. The molecule has 7 nitrogen and oxygen atoms in total. The van der Waals surface area contributed by atoms with Crippen molar-refractivity contribution in [3.63, 3.8) is 0 Å². The van der Waals surface area contributed by atoms with E-state index in [1.807, 2.05) is 0 Å². The number of hydrogen-bond acceptors (Lipinski definition) is 5. The van der Waals surface area contributed by atoms with Crippen LogP contribution in [0.4, 0.5) is 5.69 Å². The number of Topliss-reactive ketones (excluding diaryl/α,β-unsaturated/α-hetero) is 1. The largest absolute Gasteiger partial charge is 0.288 e. The van der Waals surface area contributed by atoms with Gasteiger partial charge in [-0.1, -0.05) is 6.07 Å². The van der Waals surface area contributed by atoms with Crippen LogP contribution in [-0.4, -0.2) is 24.8 Å². The quantitative estimate of drug-likeness (QED) is 0.452. The predicted molar refractivity (Wildman–Crippen MR) is 83.5 cm³/mol. The number of nitrogens with zero attached hydrogens (tertiary/aromatic N) is 2. The van der Waals surface area contributed by atoms with Gasteiger partial charge in [0, 0.05) is 12.1 Å². The van der Waals surface area contributed by atoms with Crippen LogP contribution in [0.2, 0.25) is 0 Å². The molecule has 114 valence electrons. The second kappa shape index (κ2) is 5.93. The lowest BCUT2D eigenvalue weighted by Crippen LogP contribution is -2.11. The molecule has 0 saturated carbocycles. The van der Waals surface area contributed by atoms with Crippen LogP contribution in [0.1, 0.15) is 6.92 Å². The van der Waals surface area contributed by atoms with Crippen molar-refractivity contribution >= 4 is 43.1 Å². The van der Waals surface area contributed by atoms with E-state index >= 15 is 0 Å². The van der Waals surface area contributed by atoms with E-state index in [2.05, 4.69) is 20.3 Å². The Labute approximate surface area is 134 Å². The Hall–Kier alpha value is -2.13. The van der Waals surface area contributed by atoms with Crippen molar-refractivity contribution < 1.29 is 18.1 Å². The normalized spacial score (nSPS) is 17.2. The van der Waals surface area contributed by atoms with E-state index in [0.29, 0.717) is 5.57 Å². The zero-order valence-electron chi connectivity index (χ0n) is 11.2. The van der Waals surface area contributed by atoms with Crippen LogP contribution < -0.4 is 0 Å². The highest BCUT2D eigenvalue weighted by molar-refractivity contribution is 9.12. The van der Waals surface area contributed by atoms with E-state index in [9.17, 15) is 23.3 Å². The van der Waals surface area contributed by atoms with E-state index in [4.69, 9.17) is 0 Å². The van der Waals surface area contributed by atoms with Gasteiger partial charge < -0.3 is 0 Å². The molecule has 1 aromatic carbocycles. The first-order valence-corrected chi connectivity index (χ1v) is 8.13. The summed E-state index contributed by atoms with van der Waals surface area (Å²) in [5, 5.41) is 10.7. The third-order valence-corrected chi connectivity index (χ3v) is 4.66. The highest BCUT2D eigenvalue weighted by Crippen LogP contribution is 2.22. The average molecular weight is 385 g/mol. The lowest BCUT2D eigenvalue weighted by atomic mass is 10.1. The molecule has 9 heteroatoms. The Bertz CT molecular complexity index is 844. The highest BCUT2D eigenvalue weighted by Gasteiger charge is 2.20. The minimum atomic E-state index is -4.12. The van der Waals surface area contributed by atoms with Crippen LogP contribution in [0, 0.1) is 10.1 Å². The molecule has 0 aromatic heterocycles. The molecule has 0 aliphatic heterocycles. The van der Waals surface area contributed by atoms with E-state index < -0.39 is 14.9 Å². The molecule has 0 bridgehead atoms. The number of hydrogen-bond donors (Lipinski definition) is 0. The van der Waals surface area contributed by atoms with Crippen molar-refractivity contribution in [3.8, 4) is 0 Å². The molecule has 0 fully saturated rings. The van der Waals surface area contributed by atoms with Crippen molar-refractivity contribution in [2.24, 2.45) is 4.40 Å². The van der Waals surface area contributed by atoms with Gasteiger partial charge >= 0.3 is 0 Å².